The number of carboxylic acids is 1. The van der Waals surface area contributed by atoms with E-state index in [0.717, 1.165) is 11.1 Å². The van der Waals surface area contributed by atoms with Crippen LogP contribution >= 0.6 is 0 Å². The van der Waals surface area contributed by atoms with Crippen LogP contribution in [0.4, 0.5) is 13.2 Å². The Balaban J connectivity index is 1.80. The molecule has 1 aliphatic carbocycles. The second-order valence-corrected chi connectivity index (χ2v) is 9.95. The summed E-state index contributed by atoms with van der Waals surface area (Å²) >= 11 is 0. The number of nitrogens with zero attached hydrogens (tertiary/aromatic N) is 1. The van der Waals surface area contributed by atoms with Crippen molar-refractivity contribution >= 4 is 5.97 Å². The van der Waals surface area contributed by atoms with E-state index in [0.29, 0.717) is 17.9 Å². The van der Waals surface area contributed by atoms with Crippen molar-refractivity contribution in [3.05, 3.63) is 69.8 Å². The van der Waals surface area contributed by atoms with Crippen molar-refractivity contribution in [2.75, 3.05) is 6.54 Å². The molecule has 0 aromatic heterocycles. The Morgan fingerprint density at radius 2 is 1.81 bits per heavy atom. The van der Waals surface area contributed by atoms with Gasteiger partial charge in [-0.25, -0.2) is 13.2 Å². The molecule has 6 heteroatoms. The summed E-state index contributed by atoms with van der Waals surface area (Å²) < 4.78 is 45.5. The third kappa shape index (κ3) is 4.85. The van der Waals surface area contributed by atoms with Gasteiger partial charge < -0.3 is 5.11 Å². The van der Waals surface area contributed by atoms with Crippen LogP contribution in [0.3, 0.4) is 0 Å². The van der Waals surface area contributed by atoms with Crippen LogP contribution in [0.2, 0.25) is 0 Å². The largest absolute Gasteiger partial charge is 0.481 e. The Morgan fingerprint density at radius 3 is 2.38 bits per heavy atom. The summed E-state index contributed by atoms with van der Waals surface area (Å²) in [6, 6.07) is 7.75. The zero-order valence-electron chi connectivity index (χ0n) is 18.8. The van der Waals surface area contributed by atoms with Gasteiger partial charge in [0.25, 0.3) is 0 Å². The van der Waals surface area contributed by atoms with Crippen molar-refractivity contribution < 1.29 is 23.1 Å². The maximum atomic E-state index is 15.4. The summed E-state index contributed by atoms with van der Waals surface area (Å²) in [4.78, 5) is 12.7. The Bertz CT molecular complexity index is 1000. The molecule has 4 rings (SSSR count). The minimum Gasteiger partial charge on any atom is -0.481 e. The first-order valence-electron chi connectivity index (χ1n) is 11.3. The van der Waals surface area contributed by atoms with Crippen LogP contribution in [-0.2, 0) is 17.6 Å². The van der Waals surface area contributed by atoms with Crippen LogP contribution in [0, 0.1) is 11.6 Å². The Kier molecular flexibility index (Phi) is 6.10. The van der Waals surface area contributed by atoms with Gasteiger partial charge in [-0.05, 0) is 86.8 Å². The third-order valence-electron chi connectivity index (χ3n) is 6.52. The molecule has 0 radical (unpaired) electrons. The van der Waals surface area contributed by atoms with E-state index >= 15 is 8.78 Å². The summed E-state index contributed by atoms with van der Waals surface area (Å²) in [6.45, 7) is 4.97. The fourth-order valence-corrected chi connectivity index (χ4v) is 4.90. The second-order valence-electron chi connectivity index (χ2n) is 9.95. The maximum absolute atomic E-state index is 15.4. The van der Waals surface area contributed by atoms with Crippen LogP contribution in [0.5, 0.6) is 0 Å². The monoisotopic (exact) mass is 445 g/mol. The Morgan fingerprint density at radius 1 is 1.16 bits per heavy atom. The molecular weight excluding hydrogens is 415 g/mol. The lowest BCUT2D eigenvalue weighted by atomic mass is 9.82. The Labute approximate surface area is 187 Å². The molecule has 1 N–H and O–H groups in total. The standard InChI is InChI=1S/C26H30F3NO2/c1-15-10-19-13-18(17-5-6-17)7-8-20(19)25(30(15)14-26(2,3)29)24-21(27)11-16(12-22(24)28)4-9-23(31)32/h7-8,11-13,15,17,25H,4-6,9-10,14H2,1-3H3,(H,31,32). The van der Waals surface area contributed by atoms with E-state index in [4.69, 9.17) is 5.11 Å². The minimum atomic E-state index is -1.54. The third-order valence-corrected chi connectivity index (χ3v) is 6.52. The highest BCUT2D eigenvalue weighted by atomic mass is 19.1. The molecule has 2 atom stereocenters. The van der Waals surface area contributed by atoms with E-state index in [1.165, 1.54) is 44.4 Å². The number of carboxylic acid groups (broad SMARTS) is 1. The number of aryl methyl sites for hydroxylation is 1. The van der Waals surface area contributed by atoms with Gasteiger partial charge in [-0.2, -0.15) is 0 Å². The molecule has 2 unspecified atom stereocenters. The van der Waals surface area contributed by atoms with Gasteiger partial charge in [0.05, 0.1) is 6.04 Å². The summed E-state index contributed by atoms with van der Waals surface area (Å²) in [5, 5.41) is 8.89. The quantitative estimate of drug-likeness (QED) is 0.573. The molecule has 1 aliphatic heterocycles. The van der Waals surface area contributed by atoms with Crippen molar-refractivity contribution in [2.45, 2.75) is 76.5 Å². The smallest absolute Gasteiger partial charge is 0.303 e. The number of carbonyl (C=O) groups is 1. The number of hydrogen-bond donors (Lipinski definition) is 1. The summed E-state index contributed by atoms with van der Waals surface area (Å²) in [6.07, 6.45) is 2.88. The van der Waals surface area contributed by atoms with Crippen LogP contribution < -0.4 is 0 Å². The van der Waals surface area contributed by atoms with E-state index in [9.17, 15) is 9.18 Å². The van der Waals surface area contributed by atoms with Gasteiger partial charge in [0, 0.05) is 24.6 Å². The summed E-state index contributed by atoms with van der Waals surface area (Å²) in [7, 11) is 0. The lowest BCUT2D eigenvalue weighted by molar-refractivity contribution is -0.136. The van der Waals surface area contributed by atoms with Gasteiger partial charge in [0.2, 0.25) is 0 Å². The van der Waals surface area contributed by atoms with Gasteiger partial charge in [0.15, 0.2) is 0 Å². The van der Waals surface area contributed by atoms with Crippen LogP contribution in [0.15, 0.2) is 30.3 Å². The summed E-state index contributed by atoms with van der Waals surface area (Å²) in [5.74, 6) is -1.89. The highest BCUT2D eigenvalue weighted by Crippen LogP contribution is 2.45. The number of benzene rings is 2. The molecule has 2 aromatic carbocycles. The normalized spacial score (nSPS) is 21.4. The molecule has 2 aromatic rings. The molecule has 3 nitrogen and oxygen atoms in total. The topological polar surface area (TPSA) is 40.5 Å². The van der Waals surface area contributed by atoms with E-state index in [1.807, 2.05) is 24.0 Å². The zero-order valence-corrected chi connectivity index (χ0v) is 18.8. The van der Waals surface area contributed by atoms with Gasteiger partial charge in [-0.15, -0.1) is 0 Å². The molecule has 32 heavy (non-hydrogen) atoms. The van der Waals surface area contributed by atoms with Crippen molar-refractivity contribution in [3.8, 4) is 0 Å². The molecule has 172 valence electrons. The number of alkyl halides is 1. The van der Waals surface area contributed by atoms with E-state index in [1.54, 1.807) is 0 Å². The van der Waals surface area contributed by atoms with E-state index in [2.05, 4.69) is 6.07 Å². The maximum Gasteiger partial charge on any atom is 0.303 e. The molecule has 1 heterocycles. The predicted octanol–water partition coefficient (Wildman–Crippen LogP) is 5.94. The highest BCUT2D eigenvalue weighted by molar-refractivity contribution is 5.67. The number of hydrogen-bond acceptors (Lipinski definition) is 2. The van der Waals surface area contributed by atoms with Gasteiger partial charge in [0.1, 0.15) is 17.3 Å². The molecule has 0 spiro atoms. The van der Waals surface area contributed by atoms with Crippen molar-refractivity contribution in [1.82, 2.24) is 4.90 Å². The zero-order chi connectivity index (χ0) is 23.2. The first-order chi connectivity index (χ1) is 15.0. The highest BCUT2D eigenvalue weighted by Gasteiger charge is 2.39. The van der Waals surface area contributed by atoms with Crippen molar-refractivity contribution in [3.63, 3.8) is 0 Å². The van der Waals surface area contributed by atoms with E-state index in [-0.39, 0.29) is 31.0 Å². The molecule has 1 saturated carbocycles. The van der Waals surface area contributed by atoms with Crippen LogP contribution in [0.1, 0.15) is 79.8 Å². The van der Waals surface area contributed by atoms with Gasteiger partial charge >= 0.3 is 5.97 Å². The molecule has 0 bridgehead atoms. The molecule has 0 amide bonds. The second kappa shape index (κ2) is 8.54. The lowest BCUT2D eigenvalue weighted by Crippen LogP contribution is -2.48. The molecule has 0 saturated heterocycles. The van der Waals surface area contributed by atoms with Gasteiger partial charge in [-0.3, -0.25) is 9.69 Å². The summed E-state index contributed by atoms with van der Waals surface area (Å²) in [5.41, 5.74) is 1.81. The number of aliphatic carboxylic acids is 1. The Hall–Kier alpha value is -2.34. The van der Waals surface area contributed by atoms with Gasteiger partial charge in [-0.1, -0.05) is 18.2 Å². The average Bonchev–Trinajstić information content (AvgIpc) is 3.52. The average molecular weight is 446 g/mol. The SMILES string of the molecule is CC1Cc2cc(C3CC3)ccc2C(c2c(F)cc(CCC(=O)O)cc2F)N1CC(C)(C)F. The van der Waals surface area contributed by atoms with Crippen LogP contribution in [0.25, 0.3) is 0 Å². The van der Waals surface area contributed by atoms with Crippen molar-refractivity contribution in [2.24, 2.45) is 0 Å². The fraction of sp³-hybridized carbons (Fsp3) is 0.500. The first-order valence-corrected chi connectivity index (χ1v) is 11.3. The number of rotatable bonds is 7. The fourth-order valence-electron chi connectivity index (χ4n) is 4.90. The van der Waals surface area contributed by atoms with Crippen molar-refractivity contribution in [1.29, 1.82) is 0 Å². The predicted molar refractivity (Wildman–Crippen MR) is 118 cm³/mol. The number of halogens is 3. The minimum absolute atomic E-state index is 0.0439. The molecular formula is C26H30F3NO2. The molecule has 2 aliphatic rings. The first kappa shape index (κ1) is 22.8. The number of fused-ring (bicyclic) bond motifs is 1. The molecule has 1 fully saturated rings. The van der Waals surface area contributed by atoms with Crippen LogP contribution in [-0.4, -0.2) is 34.2 Å². The lowest BCUT2D eigenvalue weighted by Gasteiger charge is -2.44. The van der Waals surface area contributed by atoms with E-state index < -0.39 is 29.3 Å².